The van der Waals surface area contributed by atoms with Crippen LogP contribution in [0.2, 0.25) is 0 Å². The number of para-hydroxylation sites is 1. The van der Waals surface area contributed by atoms with Crippen LogP contribution < -0.4 is 20.1 Å². The number of alkyl halides is 2. The molecule has 5 nitrogen and oxygen atoms in total. The van der Waals surface area contributed by atoms with Gasteiger partial charge in [-0.25, -0.2) is 9.18 Å². The summed E-state index contributed by atoms with van der Waals surface area (Å²) in [4.78, 5) is 11.6. The van der Waals surface area contributed by atoms with E-state index in [1.807, 2.05) is 0 Å². The summed E-state index contributed by atoms with van der Waals surface area (Å²) in [5.41, 5.74) is 0.722. The molecule has 0 radical (unpaired) electrons. The van der Waals surface area contributed by atoms with Crippen LogP contribution in [0.25, 0.3) is 0 Å². The molecule has 2 aromatic carbocycles. The lowest BCUT2D eigenvalue weighted by Gasteiger charge is -2.10. The van der Waals surface area contributed by atoms with Gasteiger partial charge in [-0.3, -0.25) is 0 Å². The predicted octanol–water partition coefficient (Wildman–Crippen LogP) is 3.31. The molecule has 0 saturated heterocycles. The molecule has 2 rings (SSSR count). The first-order valence-electron chi connectivity index (χ1n) is 7.47. The Morgan fingerprint density at radius 1 is 1.04 bits per heavy atom. The van der Waals surface area contributed by atoms with E-state index in [0.29, 0.717) is 0 Å². The third kappa shape index (κ3) is 6.62. The maximum absolute atomic E-state index is 13.3. The molecular formula is C17H17F3N2O3. The van der Waals surface area contributed by atoms with E-state index in [-0.39, 0.29) is 31.2 Å². The minimum atomic E-state index is -2.87. The van der Waals surface area contributed by atoms with Gasteiger partial charge in [0.05, 0.1) is 6.54 Å². The van der Waals surface area contributed by atoms with Crippen LogP contribution in [0.4, 0.5) is 18.0 Å². The van der Waals surface area contributed by atoms with E-state index in [2.05, 4.69) is 15.4 Å². The summed E-state index contributed by atoms with van der Waals surface area (Å²) >= 11 is 0. The van der Waals surface area contributed by atoms with Crippen molar-refractivity contribution in [2.24, 2.45) is 0 Å². The zero-order chi connectivity index (χ0) is 18.1. The maximum Gasteiger partial charge on any atom is 0.387 e. The Morgan fingerprint density at radius 3 is 2.44 bits per heavy atom. The fourth-order valence-corrected chi connectivity index (χ4v) is 1.92. The van der Waals surface area contributed by atoms with Crippen LogP contribution in [0.5, 0.6) is 11.5 Å². The SMILES string of the molecule is O=C(NCCOc1ccccc1F)NCc1ccc(OC(F)F)cc1. The Hall–Kier alpha value is -2.90. The Balaban J connectivity index is 1.64. The van der Waals surface area contributed by atoms with E-state index in [9.17, 15) is 18.0 Å². The summed E-state index contributed by atoms with van der Waals surface area (Å²) in [5.74, 6) is -0.296. The molecule has 2 amide bonds. The van der Waals surface area contributed by atoms with E-state index in [0.717, 1.165) is 5.56 Å². The second-order valence-corrected chi connectivity index (χ2v) is 4.91. The molecule has 134 valence electrons. The quantitative estimate of drug-likeness (QED) is 0.715. The van der Waals surface area contributed by atoms with Crippen molar-refractivity contribution in [1.82, 2.24) is 10.6 Å². The molecule has 0 bridgehead atoms. The molecule has 0 fully saturated rings. The van der Waals surface area contributed by atoms with Gasteiger partial charge in [-0.15, -0.1) is 0 Å². The molecule has 2 N–H and O–H groups in total. The maximum atomic E-state index is 13.3. The van der Waals surface area contributed by atoms with Crippen LogP contribution >= 0.6 is 0 Å². The molecule has 0 heterocycles. The van der Waals surface area contributed by atoms with Crippen molar-refractivity contribution in [2.75, 3.05) is 13.2 Å². The number of hydrogen-bond acceptors (Lipinski definition) is 3. The molecule has 0 aliphatic rings. The topological polar surface area (TPSA) is 59.6 Å². The molecule has 0 spiro atoms. The summed E-state index contributed by atoms with van der Waals surface area (Å²) < 4.78 is 46.8. The van der Waals surface area contributed by atoms with Gasteiger partial charge in [-0.05, 0) is 29.8 Å². The second kappa shape index (κ2) is 9.41. The number of benzene rings is 2. The highest BCUT2D eigenvalue weighted by atomic mass is 19.3. The highest BCUT2D eigenvalue weighted by Crippen LogP contribution is 2.15. The largest absolute Gasteiger partial charge is 0.489 e. The van der Waals surface area contributed by atoms with E-state index in [1.54, 1.807) is 24.3 Å². The number of amides is 2. The molecule has 25 heavy (non-hydrogen) atoms. The van der Waals surface area contributed by atoms with Gasteiger partial charge in [0.1, 0.15) is 12.4 Å². The summed E-state index contributed by atoms with van der Waals surface area (Å²) in [7, 11) is 0. The van der Waals surface area contributed by atoms with E-state index >= 15 is 0 Å². The smallest absolute Gasteiger partial charge is 0.387 e. The monoisotopic (exact) mass is 354 g/mol. The summed E-state index contributed by atoms with van der Waals surface area (Å²) in [6.07, 6.45) is 0. The normalized spacial score (nSPS) is 10.4. The lowest BCUT2D eigenvalue weighted by Crippen LogP contribution is -2.37. The van der Waals surface area contributed by atoms with Crippen molar-refractivity contribution >= 4 is 6.03 Å². The Kier molecular flexibility index (Phi) is 6.94. The van der Waals surface area contributed by atoms with Crippen molar-refractivity contribution in [3.8, 4) is 11.5 Å². The number of ether oxygens (including phenoxy) is 2. The summed E-state index contributed by atoms with van der Waals surface area (Å²) in [5, 5.41) is 5.16. The first kappa shape index (κ1) is 18.4. The van der Waals surface area contributed by atoms with E-state index < -0.39 is 18.5 Å². The number of hydrogen-bond donors (Lipinski definition) is 2. The minimum absolute atomic E-state index is 0.0495. The van der Waals surface area contributed by atoms with Crippen LogP contribution in [0.15, 0.2) is 48.5 Å². The van der Waals surface area contributed by atoms with Gasteiger partial charge in [-0.2, -0.15) is 8.78 Å². The van der Waals surface area contributed by atoms with Crippen molar-refractivity contribution < 1.29 is 27.4 Å². The molecule has 0 aliphatic carbocycles. The highest BCUT2D eigenvalue weighted by molar-refractivity contribution is 5.73. The van der Waals surface area contributed by atoms with Gasteiger partial charge in [0.15, 0.2) is 11.6 Å². The minimum Gasteiger partial charge on any atom is -0.489 e. The van der Waals surface area contributed by atoms with Gasteiger partial charge >= 0.3 is 12.6 Å². The lowest BCUT2D eigenvalue weighted by atomic mass is 10.2. The lowest BCUT2D eigenvalue weighted by molar-refractivity contribution is -0.0498. The van der Waals surface area contributed by atoms with Gasteiger partial charge in [0.25, 0.3) is 0 Å². The molecule has 8 heteroatoms. The van der Waals surface area contributed by atoms with Crippen molar-refractivity contribution in [3.05, 3.63) is 59.9 Å². The number of carbonyl (C=O) groups is 1. The predicted molar refractivity (Wildman–Crippen MR) is 85.2 cm³/mol. The molecule has 0 saturated carbocycles. The molecule has 2 aromatic rings. The second-order valence-electron chi connectivity index (χ2n) is 4.91. The van der Waals surface area contributed by atoms with Gasteiger partial charge in [0.2, 0.25) is 0 Å². The summed E-state index contributed by atoms with van der Waals surface area (Å²) in [6.45, 7) is -2.34. The number of halogens is 3. The Morgan fingerprint density at radius 2 is 1.76 bits per heavy atom. The number of carbonyl (C=O) groups excluding carboxylic acids is 1. The fraction of sp³-hybridized carbons (Fsp3) is 0.235. The number of urea groups is 1. The number of rotatable bonds is 8. The molecule has 0 aromatic heterocycles. The van der Waals surface area contributed by atoms with Crippen molar-refractivity contribution in [3.63, 3.8) is 0 Å². The Bertz CT molecular complexity index is 681. The van der Waals surface area contributed by atoms with Crippen LogP contribution in [0.3, 0.4) is 0 Å². The van der Waals surface area contributed by atoms with Gasteiger partial charge in [0, 0.05) is 6.54 Å². The first-order valence-corrected chi connectivity index (χ1v) is 7.47. The zero-order valence-electron chi connectivity index (χ0n) is 13.2. The number of nitrogens with one attached hydrogen (secondary N) is 2. The van der Waals surface area contributed by atoms with E-state index in [4.69, 9.17) is 4.74 Å². The standard InChI is InChI=1S/C17H17F3N2O3/c18-14-3-1-2-4-15(14)24-10-9-21-17(23)22-11-12-5-7-13(8-6-12)25-16(19)20/h1-8,16H,9-11H2,(H2,21,22,23). The van der Waals surface area contributed by atoms with Crippen molar-refractivity contribution in [2.45, 2.75) is 13.2 Å². The molecule has 0 unspecified atom stereocenters. The van der Waals surface area contributed by atoms with Crippen LogP contribution in [0.1, 0.15) is 5.56 Å². The van der Waals surface area contributed by atoms with Crippen molar-refractivity contribution in [1.29, 1.82) is 0 Å². The van der Waals surface area contributed by atoms with Gasteiger partial charge < -0.3 is 20.1 Å². The molecular weight excluding hydrogens is 337 g/mol. The average molecular weight is 354 g/mol. The average Bonchev–Trinajstić information content (AvgIpc) is 2.59. The third-order valence-corrected chi connectivity index (χ3v) is 3.08. The van der Waals surface area contributed by atoms with E-state index in [1.165, 1.54) is 24.3 Å². The van der Waals surface area contributed by atoms with Crippen LogP contribution in [-0.2, 0) is 6.54 Å². The Labute approximate surface area is 142 Å². The van der Waals surface area contributed by atoms with Crippen LogP contribution in [0, 0.1) is 5.82 Å². The summed E-state index contributed by atoms with van der Waals surface area (Å²) in [6, 6.07) is 11.5. The highest BCUT2D eigenvalue weighted by Gasteiger charge is 2.05. The fourth-order valence-electron chi connectivity index (χ4n) is 1.92. The first-order chi connectivity index (χ1) is 12.0. The third-order valence-electron chi connectivity index (χ3n) is 3.08. The van der Waals surface area contributed by atoms with Gasteiger partial charge in [-0.1, -0.05) is 24.3 Å². The zero-order valence-corrected chi connectivity index (χ0v) is 13.2. The molecule has 0 atom stereocenters. The van der Waals surface area contributed by atoms with Crippen LogP contribution in [-0.4, -0.2) is 25.8 Å². The molecule has 0 aliphatic heterocycles.